The SMILES string of the molecule is C[C@]12CCC(O)CC1CC[C@@H]1[C@@H]2CC[C@]2(C)C(=O)CC[C@@]12O. The number of Topliss-reactive ketones (excluding diaryl/α,β-unsaturated/α-hetero) is 1. The summed E-state index contributed by atoms with van der Waals surface area (Å²) in [6.07, 6.45) is 8.13. The quantitative estimate of drug-likeness (QED) is 0.723. The van der Waals surface area contributed by atoms with Gasteiger partial charge < -0.3 is 10.2 Å². The number of carbonyl (C=O) groups excluding carboxylic acids is 1. The van der Waals surface area contributed by atoms with Crippen molar-refractivity contribution in [1.82, 2.24) is 0 Å². The van der Waals surface area contributed by atoms with Gasteiger partial charge in [0.05, 0.1) is 17.1 Å². The van der Waals surface area contributed by atoms with Crippen molar-refractivity contribution in [3.05, 3.63) is 0 Å². The average molecular weight is 306 g/mol. The van der Waals surface area contributed by atoms with E-state index in [0.29, 0.717) is 30.5 Å². The molecule has 124 valence electrons. The van der Waals surface area contributed by atoms with Crippen molar-refractivity contribution in [3.63, 3.8) is 0 Å². The number of hydrogen-bond donors (Lipinski definition) is 2. The number of rotatable bonds is 0. The fourth-order valence-corrected chi connectivity index (χ4v) is 6.97. The van der Waals surface area contributed by atoms with E-state index in [1.165, 1.54) is 0 Å². The number of fused-ring (bicyclic) bond motifs is 5. The summed E-state index contributed by atoms with van der Waals surface area (Å²) in [6, 6.07) is 0. The van der Waals surface area contributed by atoms with E-state index < -0.39 is 11.0 Å². The number of carbonyl (C=O) groups is 1. The molecule has 7 atom stereocenters. The molecule has 0 spiro atoms. The molecule has 0 amide bonds. The zero-order valence-electron chi connectivity index (χ0n) is 14.0. The molecular formula is C19H30O3. The van der Waals surface area contributed by atoms with Gasteiger partial charge in [-0.3, -0.25) is 4.79 Å². The van der Waals surface area contributed by atoms with Gasteiger partial charge in [-0.2, -0.15) is 0 Å². The van der Waals surface area contributed by atoms with Crippen LogP contribution in [0, 0.1) is 28.6 Å². The first-order valence-corrected chi connectivity index (χ1v) is 9.25. The molecule has 4 aliphatic rings. The maximum Gasteiger partial charge on any atom is 0.141 e. The van der Waals surface area contributed by atoms with Crippen LogP contribution in [0.25, 0.3) is 0 Å². The maximum absolute atomic E-state index is 12.4. The Morgan fingerprint density at radius 3 is 2.55 bits per heavy atom. The number of aliphatic hydroxyl groups excluding tert-OH is 1. The second kappa shape index (κ2) is 4.57. The van der Waals surface area contributed by atoms with Gasteiger partial charge in [-0.05, 0) is 81.5 Å². The molecule has 4 saturated carbocycles. The predicted octanol–water partition coefficient (Wildman–Crippen LogP) is 3.07. The summed E-state index contributed by atoms with van der Waals surface area (Å²) in [5.41, 5.74) is -1.01. The molecule has 4 fully saturated rings. The molecule has 0 aromatic heterocycles. The van der Waals surface area contributed by atoms with E-state index >= 15 is 0 Å². The van der Waals surface area contributed by atoms with E-state index in [4.69, 9.17) is 0 Å². The molecule has 0 aromatic carbocycles. The third-order valence-electron chi connectivity index (χ3n) is 8.54. The Morgan fingerprint density at radius 1 is 1.00 bits per heavy atom. The largest absolute Gasteiger partial charge is 0.393 e. The molecule has 0 radical (unpaired) electrons. The topological polar surface area (TPSA) is 57.5 Å². The Bertz CT molecular complexity index is 503. The van der Waals surface area contributed by atoms with E-state index in [-0.39, 0.29) is 17.4 Å². The van der Waals surface area contributed by atoms with E-state index in [9.17, 15) is 15.0 Å². The minimum Gasteiger partial charge on any atom is -0.393 e. The molecule has 0 bridgehead atoms. The molecule has 2 unspecified atom stereocenters. The van der Waals surface area contributed by atoms with E-state index in [2.05, 4.69) is 6.92 Å². The smallest absolute Gasteiger partial charge is 0.141 e. The lowest BCUT2D eigenvalue weighted by Gasteiger charge is -2.62. The van der Waals surface area contributed by atoms with Crippen LogP contribution in [0.1, 0.15) is 71.6 Å². The average Bonchev–Trinajstić information content (AvgIpc) is 2.72. The summed E-state index contributed by atoms with van der Waals surface area (Å²) < 4.78 is 0. The standard InChI is InChI=1S/C19H30O3/c1-17-8-5-13(20)11-12(17)3-4-15-14(17)6-9-18(2)16(21)7-10-19(15,18)22/h12-15,20,22H,3-11H2,1-2H3/t12?,13?,14-,15+,17-,18+,19+/m0/s1. The maximum atomic E-state index is 12.4. The Labute approximate surface area is 133 Å². The van der Waals surface area contributed by atoms with Crippen molar-refractivity contribution >= 4 is 5.78 Å². The van der Waals surface area contributed by atoms with Crippen LogP contribution in [-0.4, -0.2) is 27.7 Å². The van der Waals surface area contributed by atoms with Gasteiger partial charge in [0.25, 0.3) is 0 Å². The van der Waals surface area contributed by atoms with Gasteiger partial charge in [0.2, 0.25) is 0 Å². The lowest BCUT2D eigenvalue weighted by Crippen LogP contribution is -2.62. The highest BCUT2D eigenvalue weighted by molar-refractivity contribution is 5.88. The van der Waals surface area contributed by atoms with E-state index in [1.54, 1.807) is 0 Å². The van der Waals surface area contributed by atoms with Crippen molar-refractivity contribution in [2.75, 3.05) is 0 Å². The molecule has 4 aliphatic carbocycles. The Hall–Kier alpha value is -0.410. The third-order valence-corrected chi connectivity index (χ3v) is 8.54. The van der Waals surface area contributed by atoms with Crippen molar-refractivity contribution in [3.8, 4) is 0 Å². The van der Waals surface area contributed by atoms with Crippen LogP contribution in [0.15, 0.2) is 0 Å². The first-order valence-electron chi connectivity index (χ1n) is 9.25. The second-order valence-corrected chi connectivity index (χ2v) is 9.14. The molecule has 3 nitrogen and oxygen atoms in total. The van der Waals surface area contributed by atoms with Gasteiger partial charge in [-0.1, -0.05) is 6.92 Å². The Morgan fingerprint density at radius 2 is 1.77 bits per heavy atom. The Balaban J connectivity index is 1.69. The fraction of sp³-hybridized carbons (Fsp3) is 0.947. The normalized spacial score (nSPS) is 57.9. The molecule has 0 aromatic rings. The summed E-state index contributed by atoms with van der Waals surface area (Å²) in [7, 11) is 0. The summed E-state index contributed by atoms with van der Waals surface area (Å²) in [5.74, 6) is 1.71. The number of aliphatic hydroxyl groups is 2. The first kappa shape index (κ1) is 15.1. The van der Waals surface area contributed by atoms with Crippen LogP contribution in [-0.2, 0) is 4.79 Å². The van der Waals surface area contributed by atoms with E-state index in [1.807, 2.05) is 6.92 Å². The minimum absolute atomic E-state index is 0.125. The van der Waals surface area contributed by atoms with Crippen molar-refractivity contribution in [2.24, 2.45) is 28.6 Å². The van der Waals surface area contributed by atoms with Gasteiger partial charge >= 0.3 is 0 Å². The highest BCUT2D eigenvalue weighted by atomic mass is 16.3. The van der Waals surface area contributed by atoms with Crippen LogP contribution in [0.3, 0.4) is 0 Å². The third kappa shape index (κ3) is 1.67. The lowest BCUT2D eigenvalue weighted by atomic mass is 9.44. The molecule has 22 heavy (non-hydrogen) atoms. The lowest BCUT2D eigenvalue weighted by molar-refractivity contribution is -0.202. The van der Waals surface area contributed by atoms with Crippen molar-refractivity contribution < 1.29 is 15.0 Å². The molecular weight excluding hydrogens is 276 g/mol. The fourth-order valence-electron chi connectivity index (χ4n) is 6.97. The molecule has 0 aliphatic heterocycles. The highest BCUT2D eigenvalue weighted by Crippen LogP contribution is 2.66. The number of hydrogen-bond acceptors (Lipinski definition) is 3. The van der Waals surface area contributed by atoms with Crippen LogP contribution in [0.4, 0.5) is 0 Å². The van der Waals surface area contributed by atoms with Gasteiger partial charge in [0.1, 0.15) is 5.78 Å². The molecule has 0 heterocycles. The van der Waals surface area contributed by atoms with E-state index in [0.717, 1.165) is 44.9 Å². The first-order chi connectivity index (χ1) is 10.3. The molecule has 0 saturated heterocycles. The summed E-state index contributed by atoms with van der Waals surface area (Å²) in [4.78, 5) is 12.4. The molecule has 3 heteroatoms. The van der Waals surface area contributed by atoms with Gasteiger partial charge in [0.15, 0.2) is 0 Å². The summed E-state index contributed by atoms with van der Waals surface area (Å²) in [5, 5.41) is 21.6. The van der Waals surface area contributed by atoms with Crippen molar-refractivity contribution in [1.29, 1.82) is 0 Å². The summed E-state index contributed by atoms with van der Waals surface area (Å²) >= 11 is 0. The van der Waals surface area contributed by atoms with Crippen LogP contribution >= 0.6 is 0 Å². The predicted molar refractivity (Wildman–Crippen MR) is 84.2 cm³/mol. The Kier molecular flexibility index (Phi) is 3.14. The molecule has 4 rings (SSSR count). The minimum atomic E-state index is -0.767. The van der Waals surface area contributed by atoms with Gasteiger partial charge in [-0.25, -0.2) is 0 Å². The number of ketones is 1. The van der Waals surface area contributed by atoms with Crippen LogP contribution < -0.4 is 0 Å². The van der Waals surface area contributed by atoms with Gasteiger partial charge in [-0.15, -0.1) is 0 Å². The molecule has 2 N–H and O–H groups in total. The van der Waals surface area contributed by atoms with Crippen LogP contribution in [0.2, 0.25) is 0 Å². The van der Waals surface area contributed by atoms with Gasteiger partial charge in [0, 0.05) is 6.42 Å². The summed E-state index contributed by atoms with van der Waals surface area (Å²) in [6.45, 7) is 4.43. The zero-order chi connectivity index (χ0) is 15.8. The monoisotopic (exact) mass is 306 g/mol. The second-order valence-electron chi connectivity index (χ2n) is 9.14. The van der Waals surface area contributed by atoms with Crippen molar-refractivity contribution in [2.45, 2.75) is 83.3 Å². The zero-order valence-corrected chi connectivity index (χ0v) is 14.0. The highest BCUT2D eigenvalue weighted by Gasteiger charge is 2.67. The van der Waals surface area contributed by atoms with Crippen LogP contribution in [0.5, 0.6) is 0 Å².